The van der Waals surface area contributed by atoms with Gasteiger partial charge in [-0.05, 0) is 63.1 Å². The molecule has 1 aromatic heterocycles. The zero-order valence-corrected chi connectivity index (χ0v) is 20.3. The summed E-state index contributed by atoms with van der Waals surface area (Å²) >= 11 is 0. The number of rotatable bonds is 7. The fraction of sp³-hybridized carbons (Fsp3) is 0.577. The van der Waals surface area contributed by atoms with Crippen molar-refractivity contribution in [3.63, 3.8) is 0 Å². The molecule has 1 aliphatic carbocycles. The molecule has 1 saturated heterocycles. The number of aryl methyl sites for hydroxylation is 2. The highest BCUT2D eigenvalue weighted by Crippen LogP contribution is 2.31. The minimum absolute atomic E-state index is 0.0994. The number of carbonyl (C=O) groups is 2. The van der Waals surface area contributed by atoms with Crippen molar-refractivity contribution < 1.29 is 14.7 Å². The lowest BCUT2D eigenvalue weighted by Crippen LogP contribution is -2.56. The molecule has 2 aliphatic rings. The van der Waals surface area contributed by atoms with Gasteiger partial charge in [0.15, 0.2) is 0 Å². The van der Waals surface area contributed by atoms with Crippen LogP contribution < -0.4 is 5.32 Å². The quantitative estimate of drug-likeness (QED) is 0.571. The number of amides is 3. The van der Waals surface area contributed by atoms with Gasteiger partial charge in [0.1, 0.15) is 6.04 Å². The van der Waals surface area contributed by atoms with E-state index in [0.29, 0.717) is 18.8 Å². The minimum atomic E-state index is -0.585. The molecule has 4 rings (SSSR count). The van der Waals surface area contributed by atoms with Crippen LogP contribution >= 0.6 is 0 Å². The standard InChI is InChI=1S/C26H37N5O3/c1-18-23(19(2)29-28-18)20-10-12-22(13-11-20)27-25(33)24(21-8-4-3-5-9-21)31(16-17-32)26(34)30-14-6-7-15-30/h10-13,21,24,32H,3-9,14-17H2,1-2H3,(H,27,33)(H,28,29)/t24-/m0/s1. The van der Waals surface area contributed by atoms with Crippen LogP contribution in [-0.4, -0.2) is 69.3 Å². The van der Waals surface area contributed by atoms with Crippen LogP contribution in [0.1, 0.15) is 56.3 Å². The Balaban J connectivity index is 1.55. The maximum atomic E-state index is 13.6. The number of nitrogens with one attached hydrogen (secondary N) is 2. The van der Waals surface area contributed by atoms with Gasteiger partial charge in [0.25, 0.3) is 0 Å². The fourth-order valence-corrected chi connectivity index (χ4v) is 5.52. The van der Waals surface area contributed by atoms with Crippen LogP contribution in [0.5, 0.6) is 0 Å². The number of nitrogens with zero attached hydrogens (tertiary/aromatic N) is 3. The Kier molecular flexibility index (Phi) is 7.88. The van der Waals surface area contributed by atoms with E-state index < -0.39 is 6.04 Å². The third kappa shape index (κ3) is 5.27. The van der Waals surface area contributed by atoms with E-state index in [2.05, 4.69) is 15.5 Å². The van der Waals surface area contributed by atoms with Gasteiger partial charge < -0.3 is 20.2 Å². The van der Waals surface area contributed by atoms with Crippen LogP contribution in [0.4, 0.5) is 10.5 Å². The Morgan fingerprint density at radius 1 is 1.12 bits per heavy atom. The predicted molar refractivity (Wildman–Crippen MR) is 132 cm³/mol. The van der Waals surface area contributed by atoms with E-state index in [9.17, 15) is 14.7 Å². The van der Waals surface area contributed by atoms with Gasteiger partial charge in [0.05, 0.1) is 12.3 Å². The molecular weight excluding hydrogens is 430 g/mol. The lowest BCUT2D eigenvalue weighted by molar-refractivity contribution is -0.123. The van der Waals surface area contributed by atoms with Crippen molar-refractivity contribution in [3.05, 3.63) is 35.7 Å². The van der Waals surface area contributed by atoms with Crippen molar-refractivity contribution in [1.29, 1.82) is 0 Å². The number of aromatic amines is 1. The molecule has 3 amide bonds. The molecule has 0 bridgehead atoms. The van der Waals surface area contributed by atoms with Crippen LogP contribution in [0, 0.1) is 19.8 Å². The molecule has 0 radical (unpaired) electrons. The number of aromatic nitrogens is 2. The molecule has 1 aromatic carbocycles. The predicted octanol–water partition coefficient (Wildman–Crippen LogP) is 4.09. The summed E-state index contributed by atoms with van der Waals surface area (Å²) in [4.78, 5) is 30.5. The number of aliphatic hydroxyl groups is 1. The molecule has 2 heterocycles. The number of anilines is 1. The van der Waals surface area contributed by atoms with Crippen molar-refractivity contribution in [2.75, 3.05) is 31.6 Å². The van der Waals surface area contributed by atoms with Gasteiger partial charge in [0, 0.05) is 36.6 Å². The summed E-state index contributed by atoms with van der Waals surface area (Å²) in [5.74, 6) is -0.0707. The first kappa shape index (κ1) is 24.3. The number of H-pyrrole nitrogens is 1. The average molecular weight is 468 g/mol. The van der Waals surface area contributed by atoms with E-state index in [1.807, 2.05) is 43.0 Å². The third-order valence-electron chi connectivity index (χ3n) is 7.23. The first-order valence-electron chi connectivity index (χ1n) is 12.6. The first-order chi connectivity index (χ1) is 16.5. The minimum Gasteiger partial charge on any atom is -0.395 e. The van der Waals surface area contributed by atoms with Gasteiger partial charge in [-0.1, -0.05) is 31.4 Å². The molecule has 184 valence electrons. The van der Waals surface area contributed by atoms with Crippen molar-refractivity contribution in [2.24, 2.45) is 5.92 Å². The average Bonchev–Trinajstić information content (AvgIpc) is 3.50. The fourth-order valence-electron chi connectivity index (χ4n) is 5.52. The number of urea groups is 1. The van der Waals surface area contributed by atoms with E-state index in [4.69, 9.17) is 0 Å². The second kappa shape index (κ2) is 11.0. The molecule has 8 nitrogen and oxygen atoms in total. The monoisotopic (exact) mass is 467 g/mol. The van der Waals surface area contributed by atoms with Crippen LogP contribution in [0.2, 0.25) is 0 Å². The molecule has 2 fully saturated rings. The SMILES string of the molecule is Cc1n[nH]c(C)c1-c1ccc(NC(=O)[C@H](C2CCCCC2)N(CCO)C(=O)N2CCCC2)cc1. The molecule has 2 aromatic rings. The van der Waals surface area contributed by atoms with Gasteiger partial charge in [-0.25, -0.2) is 4.79 Å². The Hall–Kier alpha value is -2.87. The second-order valence-corrected chi connectivity index (χ2v) is 9.61. The Bertz CT molecular complexity index is 955. The highest BCUT2D eigenvalue weighted by molar-refractivity contribution is 5.97. The number of aliphatic hydroxyl groups excluding tert-OH is 1. The van der Waals surface area contributed by atoms with E-state index >= 15 is 0 Å². The van der Waals surface area contributed by atoms with Crippen molar-refractivity contribution in [1.82, 2.24) is 20.0 Å². The maximum Gasteiger partial charge on any atom is 0.320 e. The lowest BCUT2D eigenvalue weighted by Gasteiger charge is -2.39. The summed E-state index contributed by atoms with van der Waals surface area (Å²) in [7, 11) is 0. The molecule has 1 atom stereocenters. The summed E-state index contributed by atoms with van der Waals surface area (Å²) in [6, 6.07) is 7.05. The molecule has 1 saturated carbocycles. The highest BCUT2D eigenvalue weighted by Gasteiger charge is 2.39. The summed E-state index contributed by atoms with van der Waals surface area (Å²) in [6.45, 7) is 5.40. The summed E-state index contributed by atoms with van der Waals surface area (Å²) in [6.07, 6.45) is 7.12. The normalized spacial score (nSPS) is 17.6. The Labute approximate surface area is 201 Å². The second-order valence-electron chi connectivity index (χ2n) is 9.61. The molecular formula is C26H37N5O3. The summed E-state index contributed by atoms with van der Waals surface area (Å²) in [5.41, 5.74) is 4.75. The lowest BCUT2D eigenvalue weighted by atomic mass is 9.82. The molecule has 1 aliphatic heterocycles. The zero-order chi connectivity index (χ0) is 24.1. The topological polar surface area (TPSA) is 102 Å². The van der Waals surface area contributed by atoms with Gasteiger partial charge >= 0.3 is 6.03 Å². The number of hydrogen-bond donors (Lipinski definition) is 3. The van der Waals surface area contributed by atoms with Gasteiger partial charge in [-0.2, -0.15) is 5.10 Å². The third-order valence-corrected chi connectivity index (χ3v) is 7.23. The van der Waals surface area contributed by atoms with E-state index in [1.54, 1.807) is 4.90 Å². The maximum absolute atomic E-state index is 13.6. The zero-order valence-electron chi connectivity index (χ0n) is 20.3. The van der Waals surface area contributed by atoms with E-state index in [-0.39, 0.29) is 31.0 Å². The highest BCUT2D eigenvalue weighted by atomic mass is 16.3. The first-order valence-corrected chi connectivity index (χ1v) is 12.6. The molecule has 34 heavy (non-hydrogen) atoms. The van der Waals surface area contributed by atoms with Crippen LogP contribution in [-0.2, 0) is 4.79 Å². The molecule has 8 heteroatoms. The largest absolute Gasteiger partial charge is 0.395 e. The number of carbonyl (C=O) groups excluding carboxylic acids is 2. The molecule has 3 N–H and O–H groups in total. The van der Waals surface area contributed by atoms with Crippen molar-refractivity contribution in [3.8, 4) is 11.1 Å². The number of hydrogen-bond acceptors (Lipinski definition) is 4. The van der Waals surface area contributed by atoms with Gasteiger partial charge in [-0.15, -0.1) is 0 Å². The van der Waals surface area contributed by atoms with Crippen LogP contribution in [0.3, 0.4) is 0 Å². The van der Waals surface area contributed by atoms with Crippen molar-refractivity contribution in [2.45, 2.75) is 64.8 Å². The van der Waals surface area contributed by atoms with Crippen LogP contribution in [0.15, 0.2) is 24.3 Å². The van der Waals surface area contributed by atoms with Gasteiger partial charge in [0.2, 0.25) is 5.91 Å². The van der Waals surface area contributed by atoms with E-state index in [1.165, 1.54) is 6.42 Å². The van der Waals surface area contributed by atoms with Crippen molar-refractivity contribution >= 4 is 17.6 Å². The van der Waals surface area contributed by atoms with E-state index in [0.717, 1.165) is 61.0 Å². The molecule has 0 unspecified atom stereocenters. The van der Waals surface area contributed by atoms with Gasteiger partial charge in [-0.3, -0.25) is 9.89 Å². The van der Waals surface area contributed by atoms with Crippen LogP contribution in [0.25, 0.3) is 11.1 Å². The molecule has 0 spiro atoms. The summed E-state index contributed by atoms with van der Waals surface area (Å²) < 4.78 is 0. The Morgan fingerprint density at radius 2 is 1.79 bits per heavy atom. The number of benzene rings is 1. The number of likely N-dealkylation sites (tertiary alicyclic amines) is 1. The Morgan fingerprint density at radius 3 is 2.38 bits per heavy atom. The smallest absolute Gasteiger partial charge is 0.320 e. The summed E-state index contributed by atoms with van der Waals surface area (Å²) in [5, 5.41) is 20.1.